The first kappa shape index (κ1) is 19.8. The standard InChI is InChI=1S/C19H27N3O4S/c1-3-20-18(23)14-5-4-10-22(12-14)19(24)17-11-16(9-6-13(17)2)27(25,26)21-15-7-8-15/h6,9,11,14-15,21H,3-5,7-8,10,12H2,1-2H3,(H,20,23). The lowest BCUT2D eigenvalue weighted by Crippen LogP contribution is -2.45. The van der Waals surface area contributed by atoms with Gasteiger partial charge in [-0.25, -0.2) is 13.1 Å². The van der Waals surface area contributed by atoms with Gasteiger partial charge in [0.15, 0.2) is 0 Å². The highest BCUT2D eigenvalue weighted by atomic mass is 32.2. The van der Waals surface area contributed by atoms with Gasteiger partial charge in [-0.3, -0.25) is 9.59 Å². The molecular weight excluding hydrogens is 366 g/mol. The maximum Gasteiger partial charge on any atom is 0.254 e. The van der Waals surface area contributed by atoms with E-state index in [1.807, 2.05) is 6.92 Å². The number of likely N-dealkylation sites (tertiary alicyclic amines) is 1. The van der Waals surface area contributed by atoms with E-state index in [0.29, 0.717) is 25.2 Å². The van der Waals surface area contributed by atoms with Crippen LogP contribution in [0, 0.1) is 12.8 Å². The Morgan fingerprint density at radius 3 is 2.63 bits per heavy atom. The number of nitrogens with one attached hydrogen (secondary N) is 2. The Hall–Kier alpha value is -1.93. The van der Waals surface area contributed by atoms with Gasteiger partial charge in [-0.2, -0.15) is 0 Å². The molecule has 27 heavy (non-hydrogen) atoms. The van der Waals surface area contributed by atoms with Crippen molar-refractivity contribution in [3.05, 3.63) is 29.3 Å². The molecule has 1 aromatic carbocycles. The van der Waals surface area contributed by atoms with Crippen LogP contribution in [0.4, 0.5) is 0 Å². The highest BCUT2D eigenvalue weighted by Gasteiger charge is 2.31. The third-order valence-electron chi connectivity index (χ3n) is 5.08. The molecule has 2 amide bonds. The summed E-state index contributed by atoms with van der Waals surface area (Å²) in [6.07, 6.45) is 3.22. The van der Waals surface area contributed by atoms with E-state index in [4.69, 9.17) is 0 Å². The summed E-state index contributed by atoms with van der Waals surface area (Å²) in [5.41, 5.74) is 1.11. The van der Waals surface area contributed by atoms with Gasteiger partial charge in [-0.15, -0.1) is 0 Å². The molecule has 0 bridgehead atoms. The summed E-state index contributed by atoms with van der Waals surface area (Å²) in [7, 11) is -3.62. The second-order valence-electron chi connectivity index (χ2n) is 7.36. The van der Waals surface area contributed by atoms with Crippen molar-refractivity contribution in [2.24, 2.45) is 5.92 Å². The molecule has 0 radical (unpaired) electrons. The topological polar surface area (TPSA) is 95.6 Å². The van der Waals surface area contributed by atoms with Gasteiger partial charge in [0.1, 0.15) is 0 Å². The summed E-state index contributed by atoms with van der Waals surface area (Å²) < 4.78 is 27.6. The van der Waals surface area contributed by atoms with Gasteiger partial charge >= 0.3 is 0 Å². The van der Waals surface area contributed by atoms with Crippen molar-refractivity contribution < 1.29 is 18.0 Å². The Morgan fingerprint density at radius 1 is 1.22 bits per heavy atom. The molecule has 8 heteroatoms. The lowest BCUT2D eigenvalue weighted by molar-refractivity contribution is -0.126. The number of carbonyl (C=O) groups excluding carboxylic acids is 2. The fourth-order valence-electron chi connectivity index (χ4n) is 3.35. The lowest BCUT2D eigenvalue weighted by Gasteiger charge is -2.32. The van der Waals surface area contributed by atoms with E-state index in [1.165, 1.54) is 12.1 Å². The van der Waals surface area contributed by atoms with Crippen LogP contribution in [0.1, 0.15) is 48.5 Å². The fourth-order valence-corrected chi connectivity index (χ4v) is 4.68. The molecule has 1 aliphatic heterocycles. The zero-order valence-corrected chi connectivity index (χ0v) is 16.6. The van der Waals surface area contributed by atoms with Crippen molar-refractivity contribution in [3.63, 3.8) is 0 Å². The fraction of sp³-hybridized carbons (Fsp3) is 0.579. The number of sulfonamides is 1. The lowest BCUT2D eigenvalue weighted by atomic mass is 9.96. The van der Waals surface area contributed by atoms with E-state index in [-0.39, 0.29) is 28.7 Å². The molecule has 2 fully saturated rings. The second-order valence-corrected chi connectivity index (χ2v) is 9.07. The number of benzene rings is 1. The second kappa shape index (κ2) is 7.98. The molecule has 1 atom stereocenters. The summed E-state index contributed by atoms with van der Waals surface area (Å²) >= 11 is 0. The zero-order chi connectivity index (χ0) is 19.6. The first-order valence-electron chi connectivity index (χ1n) is 9.51. The van der Waals surface area contributed by atoms with Gasteiger partial charge in [0.25, 0.3) is 5.91 Å². The van der Waals surface area contributed by atoms with Crippen LogP contribution < -0.4 is 10.0 Å². The van der Waals surface area contributed by atoms with Crippen molar-refractivity contribution in [3.8, 4) is 0 Å². The van der Waals surface area contributed by atoms with Crippen molar-refractivity contribution >= 4 is 21.8 Å². The van der Waals surface area contributed by atoms with Gasteiger partial charge in [0.2, 0.25) is 15.9 Å². The average Bonchev–Trinajstić information content (AvgIpc) is 3.45. The molecule has 1 aromatic rings. The molecule has 2 N–H and O–H groups in total. The normalized spacial score (nSPS) is 20.4. The number of hydrogen-bond acceptors (Lipinski definition) is 4. The van der Waals surface area contributed by atoms with Gasteiger partial charge < -0.3 is 10.2 Å². The number of nitrogens with zero attached hydrogens (tertiary/aromatic N) is 1. The molecular formula is C19H27N3O4S. The highest BCUT2D eigenvalue weighted by molar-refractivity contribution is 7.89. The minimum atomic E-state index is -3.62. The summed E-state index contributed by atoms with van der Waals surface area (Å²) in [5, 5.41) is 2.81. The van der Waals surface area contributed by atoms with E-state index in [1.54, 1.807) is 17.9 Å². The van der Waals surface area contributed by atoms with E-state index in [2.05, 4.69) is 10.0 Å². The maximum absolute atomic E-state index is 13.0. The summed E-state index contributed by atoms with van der Waals surface area (Å²) in [6, 6.07) is 4.66. The van der Waals surface area contributed by atoms with E-state index in [0.717, 1.165) is 31.2 Å². The molecule has 3 rings (SSSR count). The van der Waals surface area contributed by atoms with Gasteiger partial charge in [0.05, 0.1) is 10.8 Å². The molecule has 148 valence electrons. The summed E-state index contributed by atoms with van der Waals surface area (Å²) in [5.74, 6) is -0.465. The minimum absolute atomic E-state index is 0.00962. The first-order chi connectivity index (χ1) is 12.8. The third kappa shape index (κ3) is 4.68. The van der Waals surface area contributed by atoms with Crippen molar-refractivity contribution in [2.45, 2.75) is 50.5 Å². The van der Waals surface area contributed by atoms with Crippen LogP contribution in [0.15, 0.2) is 23.1 Å². The Balaban J connectivity index is 1.79. The summed E-state index contributed by atoms with van der Waals surface area (Å²) in [6.45, 7) is 5.17. The minimum Gasteiger partial charge on any atom is -0.356 e. The monoisotopic (exact) mass is 393 g/mol. The van der Waals surface area contributed by atoms with Crippen LogP contribution in [0.2, 0.25) is 0 Å². The van der Waals surface area contributed by atoms with Crippen LogP contribution >= 0.6 is 0 Å². The Bertz CT molecular complexity index is 833. The first-order valence-corrected chi connectivity index (χ1v) is 11.0. The van der Waals surface area contributed by atoms with Crippen LogP contribution in [0.3, 0.4) is 0 Å². The van der Waals surface area contributed by atoms with Gasteiger partial charge in [-0.1, -0.05) is 6.07 Å². The van der Waals surface area contributed by atoms with Crippen LogP contribution in [-0.2, 0) is 14.8 Å². The van der Waals surface area contributed by atoms with Crippen molar-refractivity contribution in [1.82, 2.24) is 14.9 Å². The van der Waals surface area contributed by atoms with Crippen LogP contribution in [0.5, 0.6) is 0 Å². The van der Waals surface area contributed by atoms with E-state index < -0.39 is 10.0 Å². The van der Waals surface area contributed by atoms with Crippen LogP contribution in [-0.4, -0.2) is 50.8 Å². The predicted octanol–water partition coefficient (Wildman–Crippen LogP) is 1.42. The smallest absolute Gasteiger partial charge is 0.254 e. The number of rotatable bonds is 6. The number of aryl methyl sites for hydroxylation is 1. The molecule has 1 saturated heterocycles. The number of hydrogen-bond donors (Lipinski definition) is 2. The van der Waals surface area contributed by atoms with Crippen LogP contribution in [0.25, 0.3) is 0 Å². The molecule has 0 spiro atoms. The largest absolute Gasteiger partial charge is 0.356 e. The molecule has 0 aromatic heterocycles. The van der Waals surface area contributed by atoms with Gasteiger partial charge in [0, 0.05) is 31.2 Å². The number of carbonyl (C=O) groups is 2. The number of amides is 2. The SMILES string of the molecule is CCNC(=O)C1CCCN(C(=O)c2cc(S(=O)(=O)NC3CC3)ccc2C)C1. The third-order valence-corrected chi connectivity index (χ3v) is 6.60. The Labute approximate surface area is 160 Å². The molecule has 7 nitrogen and oxygen atoms in total. The van der Waals surface area contributed by atoms with Crippen molar-refractivity contribution in [2.75, 3.05) is 19.6 Å². The molecule has 1 unspecified atom stereocenters. The van der Waals surface area contributed by atoms with Crippen molar-refractivity contribution in [1.29, 1.82) is 0 Å². The molecule has 1 saturated carbocycles. The Kier molecular flexibility index (Phi) is 5.86. The van der Waals surface area contributed by atoms with Gasteiger partial charge in [-0.05, 0) is 57.2 Å². The zero-order valence-electron chi connectivity index (χ0n) is 15.8. The molecule has 2 aliphatic rings. The van der Waals surface area contributed by atoms with E-state index >= 15 is 0 Å². The average molecular weight is 394 g/mol. The van der Waals surface area contributed by atoms with E-state index in [9.17, 15) is 18.0 Å². The number of piperidine rings is 1. The molecule has 1 aliphatic carbocycles. The molecule has 1 heterocycles. The highest BCUT2D eigenvalue weighted by Crippen LogP contribution is 2.25. The maximum atomic E-state index is 13.0. The summed E-state index contributed by atoms with van der Waals surface area (Å²) in [4.78, 5) is 26.9. The Morgan fingerprint density at radius 2 is 1.96 bits per heavy atom. The predicted molar refractivity (Wildman–Crippen MR) is 102 cm³/mol. The quantitative estimate of drug-likeness (QED) is 0.764.